The summed E-state index contributed by atoms with van der Waals surface area (Å²) in [5.74, 6) is -2.09. The highest BCUT2D eigenvalue weighted by Crippen LogP contribution is 2.26. The molecule has 3 aromatic rings. The molecule has 0 aromatic carbocycles. The second-order valence-corrected chi connectivity index (χ2v) is 7.26. The number of hydrogen-bond donors (Lipinski definition) is 2. The summed E-state index contributed by atoms with van der Waals surface area (Å²) < 4.78 is 24.9. The first kappa shape index (κ1) is 20.3. The first-order valence-electron chi connectivity index (χ1n) is 8.87. The summed E-state index contributed by atoms with van der Waals surface area (Å²) in [6.45, 7) is 1.72. The van der Waals surface area contributed by atoms with Crippen LogP contribution in [0.4, 0.5) is 10.2 Å². The van der Waals surface area contributed by atoms with Gasteiger partial charge in [0.05, 0.1) is 24.6 Å². The fourth-order valence-electron chi connectivity index (χ4n) is 3.04. The van der Waals surface area contributed by atoms with E-state index >= 15 is 0 Å². The van der Waals surface area contributed by atoms with E-state index in [2.05, 4.69) is 19.8 Å². The highest BCUT2D eigenvalue weighted by Gasteiger charge is 2.31. The molecular formula is C17H17FN6O5S. The molecule has 0 radical (unpaired) electrons. The fraction of sp³-hybridized carbons (Fsp3) is 0.353. The average Bonchev–Trinajstić information content (AvgIpc) is 3.21. The number of aromatic carboxylic acids is 1. The van der Waals surface area contributed by atoms with Crippen molar-refractivity contribution in [3.8, 4) is 5.13 Å². The van der Waals surface area contributed by atoms with Crippen LogP contribution < -0.4 is 15.8 Å². The molecule has 2 N–H and O–H groups in total. The van der Waals surface area contributed by atoms with Crippen LogP contribution in [-0.2, 0) is 9.57 Å². The van der Waals surface area contributed by atoms with Gasteiger partial charge in [-0.05, 0) is 6.07 Å². The number of nitrogens with one attached hydrogen (secondary N) is 1. The monoisotopic (exact) mass is 436 g/mol. The number of methoxy groups -OCH3 is 1. The summed E-state index contributed by atoms with van der Waals surface area (Å²) in [4.78, 5) is 39.3. The van der Waals surface area contributed by atoms with Crippen molar-refractivity contribution in [1.29, 1.82) is 0 Å². The zero-order chi connectivity index (χ0) is 21.3. The molecule has 11 nitrogen and oxygen atoms in total. The van der Waals surface area contributed by atoms with E-state index in [9.17, 15) is 19.1 Å². The number of aromatic nitrogens is 4. The molecular weight excluding hydrogens is 419 g/mol. The van der Waals surface area contributed by atoms with Crippen molar-refractivity contribution in [1.82, 2.24) is 24.4 Å². The number of rotatable bonds is 8. The molecule has 3 aromatic heterocycles. The van der Waals surface area contributed by atoms with Crippen molar-refractivity contribution in [3.63, 3.8) is 0 Å². The largest absolute Gasteiger partial charge is 0.477 e. The van der Waals surface area contributed by atoms with Crippen LogP contribution in [0.25, 0.3) is 16.2 Å². The Hall–Kier alpha value is -3.00. The molecule has 0 unspecified atom stereocenters. The number of halogens is 1. The van der Waals surface area contributed by atoms with Gasteiger partial charge in [-0.25, -0.2) is 19.2 Å². The third kappa shape index (κ3) is 3.75. The van der Waals surface area contributed by atoms with Gasteiger partial charge in [0.1, 0.15) is 11.9 Å². The molecule has 0 saturated carbocycles. The third-order valence-electron chi connectivity index (χ3n) is 4.52. The van der Waals surface area contributed by atoms with Crippen molar-refractivity contribution in [3.05, 3.63) is 40.2 Å². The highest BCUT2D eigenvalue weighted by atomic mass is 32.1. The SMILES string of the molecule is COCCONC1CN(c2nc3c(cc2F)c(=O)c(C(=O)O)cn3-c2ncns2)C1. The lowest BCUT2D eigenvalue weighted by atomic mass is 10.1. The molecule has 0 aliphatic carbocycles. The number of pyridine rings is 2. The van der Waals surface area contributed by atoms with Gasteiger partial charge >= 0.3 is 5.97 Å². The van der Waals surface area contributed by atoms with Crippen LogP contribution in [-0.4, -0.2) is 69.4 Å². The van der Waals surface area contributed by atoms with Crippen molar-refractivity contribution in [2.24, 2.45) is 0 Å². The summed E-state index contributed by atoms with van der Waals surface area (Å²) in [6, 6.07) is 0.998. The molecule has 1 aliphatic rings. The molecule has 0 spiro atoms. The molecule has 1 aliphatic heterocycles. The molecule has 13 heteroatoms. The van der Waals surface area contributed by atoms with Gasteiger partial charge < -0.3 is 14.7 Å². The van der Waals surface area contributed by atoms with E-state index in [-0.39, 0.29) is 22.9 Å². The van der Waals surface area contributed by atoms with Crippen LogP contribution in [0.2, 0.25) is 0 Å². The number of hydrogen-bond acceptors (Lipinski definition) is 10. The van der Waals surface area contributed by atoms with Crippen molar-refractivity contribution < 1.29 is 23.9 Å². The zero-order valence-electron chi connectivity index (χ0n) is 15.7. The van der Waals surface area contributed by atoms with Crippen LogP contribution >= 0.6 is 11.5 Å². The Morgan fingerprint density at radius 3 is 2.90 bits per heavy atom. The minimum absolute atomic E-state index is 0.0153. The average molecular weight is 436 g/mol. The normalized spacial score (nSPS) is 14.3. The van der Waals surface area contributed by atoms with Crippen LogP contribution in [0.15, 0.2) is 23.4 Å². The van der Waals surface area contributed by atoms with Gasteiger partial charge in [0.15, 0.2) is 17.3 Å². The number of anilines is 1. The summed E-state index contributed by atoms with van der Waals surface area (Å²) in [6.07, 6.45) is 2.43. The lowest BCUT2D eigenvalue weighted by Gasteiger charge is -2.40. The molecule has 30 heavy (non-hydrogen) atoms. The lowest BCUT2D eigenvalue weighted by molar-refractivity contribution is -0.0168. The van der Waals surface area contributed by atoms with Gasteiger partial charge in [0.25, 0.3) is 0 Å². The lowest BCUT2D eigenvalue weighted by Crippen LogP contribution is -2.58. The molecule has 0 atom stereocenters. The molecule has 1 fully saturated rings. The standard InChI is InChI=1S/C17H17FN6O5S/c1-28-2-3-29-22-9-5-23(6-9)15-12(18)4-10-13(25)11(16(26)27)7-24(14(10)21-15)17-19-8-20-30-17/h4,7-9,22H,2-3,5-6H2,1H3,(H,26,27). The van der Waals surface area contributed by atoms with Crippen molar-refractivity contribution >= 4 is 34.4 Å². The van der Waals surface area contributed by atoms with E-state index < -0.39 is 22.8 Å². The smallest absolute Gasteiger partial charge is 0.341 e. The van der Waals surface area contributed by atoms with Gasteiger partial charge in [-0.3, -0.25) is 14.2 Å². The number of carboxylic acids is 1. The first-order valence-corrected chi connectivity index (χ1v) is 9.64. The number of hydroxylamine groups is 1. The number of fused-ring (bicyclic) bond motifs is 1. The number of carboxylic acid groups (broad SMARTS) is 1. The second kappa shape index (κ2) is 8.39. The topological polar surface area (TPSA) is 132 Å². The Bertz CT molecular complexity index is 1130. The van der Waals surface area contributed by atoms with E-state index in [0.717, 1.165) is 23.8 Å². The molecule has 0 amide bonds. The maximum atomic E-state index is 14.8. The van der Waals surface area contributed by atoms with E-state index in [1.165, 1.54) is 10.9 Å². The zero-order valence-corrected chi connectivity index (χ0v) is 16.6. The van der Waals surface area contributed by atoms with Gasteiger partial charge in [-0.2, -0.15) is 9.85 Å². The number of nitrogens with zero attached hydrogens (tertiary/aromatic N) is 5. The summed E-state index contributed by atoms with van der Waals surface area (Å²) in [7, 11) is 1.57. The van der Waals surface area contributed by atoms with Crippen LogP contribution in [0.5, 0.6) is 0 Å². The Kier molecular flexibility index (Phi) is 5.67. The molecule has 1 saturated heterocycles. The predicted octanol–water partition coefficient (Wildman–Crippen LogP) is 0.431. The Balaban J connectivity index is 1.68. The maximum Gasteiger partial charge on any atom is 0.341 e. The third-order valence-corrected chi connectivity index (χ3v) is 5.18. The van der Waals surface area contributed by atoms with E-state index in [4.69, 9.17) is 9.57 Å². The molecule has 4 rings (SSSR count). The van der Waals surface area contributed by atoms with E-state index in [1.807, 2.05) is 0 Å². The van der Waals surface area contributed by atoms with Gasteiger partial charge in [0.2, 0.25) is 10.6 Å². The predicted molar refractivity (Wildman–Crippen MR) is 105 cm³/mol. The Morgan fingerprint density at radius 2 is 2.23 bits per heavy atom. The minimum atomic E-state index is -1.42. The molecule has 0 bridgehead atoms. The molecule has 158 valence electrons. The maximum absolute atomic E-state index is 14.8. The minimum Gasteiger partial charge on any atom is -0.477 e. The van der Waals surface area contributed by atoms with Gasteiger partial charge in [0, 0.05) is 37.9 Å². The Labute approximate surface area is 172 Å². The summed E-state index contributed by atoms with van der Waals surface area (Å²) in [5, 5.41) is 9.50. The van der Waals surface area contributed by atoms with E-state index in [0.29, 0.717) is 31.4 Å². The van der Waals surface area contributed by atoms with Crippen molar-refractivity contribution in [2.45, 2.75) is 6.04 Å². The fourth-order valence-corrected chi connectivity index (χ4v) is 3.55. The first-order chi connectivity index (χ1) is 14.5. The van der Waals surface area contributed by atoms with Crippen molar-refractivity contribution in [2.75, 3.05) is 38.3 Å². The molecule has 4 heterocycles. The quantitative estimate of drug-likeness (QED) is 0.378. The van der Waals surface area contributed by atoms with Gasteiger partial charge in [-0.1, -0.05) is 0 Å². The van der Waals surface area contributed by atoms with Crippen LogP contribution in [0, 0.1) is 5.82 Å². The van der Waals surface area contributed by atoms with E-state index in [1.54, 1.807) is 12.0 Å². The Morgan fingerprint density at radius 1 is 1.43 bits per heavy atom. The second-order valence-electron chi connectivity index (χ2n) is 6.50. The van der Waals surface area contributed by atoms with Crippen LogP contribution in [0.3, 0.4) is 0 Å². The number of ether oxygens (including phenoxy) is 1. The number of carbonyl (C=O) groups is 1. The van der Waals surface area contributed by atoms with Gasteiger partial charge in [-0.15, -0.1) is 0 Å². The van der Waals surface area contributed by atoms with Crippen LogP contribution in [0.1, 0.15) is 10.4 Å². The highest BCUT2D eigenvalue weighted by molar-refractivity contribution is 7.08. The summed E-state index contributed by atoms with van der Waals surface area (Å²) >= 11 is 0.992. The summed E-state index contributed by atoms with van der Waals surface area (Å²) in [5.41, 5.74) is 1.65.